The van der Waals surface area contributed by atoms with Crippen LogP contribution in [0.4, 0.5) is 0 Å². The van der Waals surface area contributed by atoms with Crippen molar-refractivity contribution in [2.24, 2.45) is 5.14 Å². The number of nitrogens with two attached hydrogens (primary N) is 1. The van der Waals surface area contributed by atoms with Gasteiger partial charge in [-0.1, -0.05) is 55.4 Å². The fourth-order valence-electron chi connectivity index (χ4n) is 3.40. The predicted molar refractivity (Wildman–Crippen MR) is 122 cm³/mol. The lowest BCUT2D eigenvalue weighted by molar-refractivity contribution is -0.120. The van der Waals surface area contributed by atoms with Crippen LogP contribution in [0.15, 0.2) is 58.6 Å². The van der Waals surface area contributed by atoms with E-state index in [0.29, 0.717) is 10.7 Å². The van der Waals surface area contributed by atoms with E-state index in [-0.39, 0.29) is 16.8 Å². The Morgan fingerprint density at radius 1 is 1.26 bits per heavy atom. The molecule has 3 aromatic rings. The number of unbranched alkanes of at least 4 members (excludes halogenated alkanes) is 1. The van der Waals surface area contributed by atoms with E-state index < -0.39 is 15.3 Å². The van der Waals surface area contributed by atoms with E-state index >= 15 is 0 Å². The molecule has 0 spiro atoms. The molecular formula is C22H26N4O3S2. The maximum atomic E-state index is 13.1. The Hall–Kier alpha value is -2.36. The molecule has 1 fully saturated rings. The zero-order chi connectivity index (χ0) is 22.0. The highest BCUT2D eigenvalue weighted by molar-refractivity contribution is 8.00. The van der Waals surface area contributed by atoms with Gasteiger partial charge >= 0.3 is 0 Å². The highest BCUT2D eigenvalue weighted by Crippen LogP contribution is 2.38. The fourth-order valence-corrected chi connectivity index (χ4v) is 5.08. The number of fused-ring (bicyclic) bond motifs is 1. The van der Waals surface area contributed by atoms with Gasteiger partial charge in [-0.2, -0.15) is 0 Å². The van der Waals surface area contributed by atoms with Crippen molar-refractivity contribution in [1.82, 2.24) is 14.9 Å². The van der Waals surface area contributed by atoms with Crippen LogP contribution in [-0.4, -0.2) is 29.9 Å². The smallest absolute Gasteiger partial charge is 0.238 e. The van der Waals surface area contributed by atoms with E-state index in [1.54, 1.807) is 6.07 Å². The molecule has 1 saturated carbocycles. The monoisotopic (exact) mass is 458 g/mol. The van der Waals surface area contributed by atoms with Gasteiger partial charge in [-0.15, -0.1) is 0 Å². The van der Waals surface area contributed by atoms with Crippen LogP contribution >= 0.6 is 11.8 Å². The van der Waals surface area contributed by atoms with Crippen molar-refractivity contribution in [3.05, 3.63) is 54.1 Å². The molecule has 1 aromatic heterocycles. The number of nitrogens with one attached hydrogen (secondary N) is 1. The largest absolute Gasteiger partial charge is 0.352 e. The third-order valence-corrected chi connectivity index (χ3v) is 7.39. The van der Waals surface area contributed by atoms with Gasteiger partial charge in [-0.05, 0) is 43.0 Å². The topological polar surface area (TPSA) is 107 Å². The van der Waals surface area contributed by atoms with Gasteiger partial charge in [0.2, 0.25) is 15.9 Å². The Balaban J connectivity index is 1.74. The summed E-state index contributed by atoms with van der Waals surface area (Å²) in [5.41, 5.74) is 2.29. The maximum absolute atomic E-state index is 13.1. The highest BCUT2D eigenvalue weighted by atomic mass is 32.2. The van der Waals surface area contributed by atoms with E-state index in [4.69, 9.17) is 10.1 Å². The van der Waals surface area contributed by atoms with Gasteiger partial charge in [0.05, 0.1) is 15.9 Å². The number of nitrogens with zero attached hydrogens (tertiary/aromatic N) is 2. The Labute approximate surface area is 186 Å². The van der Waals surface area contributed by atoms with Crippen molar-refractivity contribution in [3.63, 3.8) is 0 Å². The summed E-state index contributed by atoms with van der Waals surface area (Å²) >= 11 is 1.39. The molecule has 31 heavy (non-hydrogen) atoms. The fraction of sp³-hybridized carbons (Fsp3) is 0.364. The van der Waals surface area contributed by atoms with Gasteiger partial charge in [-0.25, -0.2) is 18.5 Å². The summed E-state index contributed by atoms with van der Waals surface area (Å²) in [5.74, 6) is -0.0296. The van der Waals surface area contributed by atoms with Gasteiger partial charge in [-0.3, -0.25) is 4.79 Å². The van der Waals surface area contributed by atoms with E-state index in [1.165, 1.54) is 23.9 Å². The second-order valence-corrected chi connectivity index (χ2v) is 10.4. The van der Waals surface area contributed by atoms with E-state index in [0.717, 1.165) is 43.3 Å². The summed E-state index contributed by atoms with van der Waals surface area (Å²) < 4.78 is 25.6. The average molecular weight is 459 g/mol. The summed E-state index contributed by atoms with van der Waals surface area (Å²) in [6.07, 6.45) is 3.98. The molecule has 4 rings (SSSR count). The number of hydrogen-bond donors (Lipinski definition) is 2. The Kier molecular flexibility index (Phi) is 6.36. The highest BCUT2D eigenvalue weighted by Gasteiger charge is 2.30. The minimum Gasteiger partial charge on any atom is -0.352 e. The molecule has 164 valence electrons. The number of rotatable bonds is 9. The minimum absolute atomic E-state index is 0.0296. The molecule has 1 amide bonds. The van der Waals surface area contributed by atoms with Crippen LogP contribution in [0.5, 0.6) is 0 Å². The second kappa shape index (κ2) is 9.02. The molecule has 2 aromatic carbocycles. The molecule has 0 unspecified atom stereocenters. The molecule has 7 nitrogen and oxygen atoms in total. The number of thioether (sulfide) groups is 1. The lowest BCUT2D eigenvalue weighted by Crippen LogP contribution is -2.30. The summed E-state index contributed by atoms with van der Waals surface area (Å²) in [5, 5.41) is 8.65. The first-order valence-corrected chi connectivity index (χ1v) is 12.8. The number of hydrogen-bond acceptors (Lipinski definition) is 5. The van der Waals surface area contributed by atoms with Crippen molar-refractivity contribution >= 4 is 38.7 Å². The van der Waals surface area contributed by atoms with E-state index in [1.807, 2.05) is 30.3 Å². The number of aromatic nitrogens is 2. The number of carbonyl (C=O) groups excluding carboxylic acids is 1. The lowest BCUT2D eigenvalue weighted by atomic mass is 10.1. The SMILES string of the molecule is CCCCn1c(S[C@H](C(=O)NC2CC2)c2ccccc2)nc2cc(S(N)(=O)=O)ccc21. The zero-order valence-electron chi connectivity index (χ0n) is 17.3. The standard InChI is InChI=1S/C22H26N4O3S2/c1-2-3-13-26-19-12-11-17(31(23,28)29)14-18(19)25-22(26)30-20(15-7-5-4-6-8-15)21(27)24-16-9-10-16/h4-8,11-12,14,16,20H,2-3,9-10,13H2,1H3,(H,24,27)(H2,23,28,29)/t20-/m0/s1. The average Bonchev–Trinajstić information content (AvgIpc) is 3.49. The lowest BCUT2D eigenvalue weighted by Gasteiger charge is -2.17. The first-order valence-electron chi connectivity index (χ1n) is 10.4. The summed E-state index contributed by atoms with van der Waals surface area (Å²) in [6.45, 7) is 2.84. The molecule has 1 atom stereocenters. The number of carbonyl (C=O) groups is 1. The van der Waals surface area contributed by atoms with Crippen molar-refractivity contribution in [2.75, 3.05) is 0 Å². The van der Waals surface area contributed by atoms with Gasteiger partial charge in [0, 0.05) is 12.6 Å². The third-order valence-electron chi connectivity index (χ3n) is 5.24. The molecule has 9 heteroatoms. The van der Waals surface area contributed by atoms with Crippen LogP contribution in [0.3, 0.4) is 0 Å². The summed E-state index contributed by atoms with van der Waals surface area (Å²) in [4.78, 5) is 17.8. The first-order chi connectivity index (χ1) is 14.9. The van der Waals surface area contributed by atoms with Crippen LogP contribution in [0, 0.1) is 0 Å². The van der Waals surface area contributed by atoms with Crippen molar-refractivity contribution < 1.29 is 13.2 Å². The van der Waals surface area contributed by atoms with Gasteiger partial charge in [0.15, 0.2) is 5.16 Å². The third kappa shape index (κ3) is 5.11. The van der Waals surface area contributed by atoms with Gasteiger partial charge < -0.3 is 9.88 Å². The van der Waals surface area contributed by atoms with Crippen LogP contribution in [0.1, 0.15) is 43.4 Å². The number of amides is 1. The van der Waals surface area contributed by atoms with Crippen LogP contribution in [0.25, 0.3) is 11.0 Å². The first kappa shape index (κ1) is 21.9. The second-order valence-electron chi connectivity index (χ2n) is 7.79. The van der Waals surface area contributed by atoms with Crippen LogP contribution in [-0.2, 0) is 21.4 Å². The number of benzene rings is 2. The Bertz CT molecular complexity index is 1190. The summed E-state index contributed by atoms with van der Waals surface area (Å²) in [7, 11) is -3.82. The molecule has 0 radical (unpaired) electrons. The number of primary sulfonamides is 1. The minimum atomic E-state index is -3.82. The van der Waals surface area contributed by atoms with Crippen LogP contribution < -0.4 is 10.5 Å². The van der Waals surface area contributed by atoms with Crippen LogP contribution in [0.2, 0.25) is 0 Å². The zero-order valence-corrected chi connectivity index (χ0v) is 19.0. The Morgan fingerprint density at radius 2 is 2.00 bits per heavy atom. The number of aryl methyl sites for hydroxylation is 1. The molecule has 0 aliphatic heterocycles. The van der Waals surface area contributed by atoms with Crippen molar-refractivity contribution in [3.8, 4) is 0 Å². The molecule has 1 heterocycles. The van der Waals surface area contributed by atoms with Gasteiger partial charge in [0.25, 0.3) is 0 Å². The molecule has 0 bridgehead atoms. The van der Waals surface area contributed by atoms with Crippen molar-refractivity contribution in [2.45, 2.75) is 60.5 Å². The number of sulfonamides is 1. The molecule has 0 saturated heterocycles. The molecule has 1 aliphatic rings. The normalized spacial score (nSPS) is 15.2. The maximum Gasteiger partial charge on any atom is 0.238 e. The van der Waals surface area contributed by atoms with Crippen molar-refractivity contribution in [1.29, 1.82) is 0 Å². The number of imidazole rings is 1. The van der Waals surface area contributed by atoms with Gasteiger partial charge in [0.1, 0.15) is 5.25 Å². The summed E-state index contributed by atoms with van der Waals surface area (Å²) in [6, 6.07) is 14.7. The quantitative estimate of drug-likeness (QED) is 0.477. The predicted octanol–water partition coefficient (Wildman–Crippen LogP) is 3.60. The van der Waals surface area contributed by atoms with E-state index in [9.17, 15) is 13.2 Å². The molecular weight excluding hydrogens is 432 g/mol. The molecule has 3 N–H and O–H groups in total. The Morgan fingerprint density at radius 3 is 2.65 bits per heavy atom. The van der Waals surface area contributed by atoms with E-state index in [2.05, 4.69) is 16.8 Å². The molecule has 1 aliphatic carbocycles.